The van der Waals surface area contributed by atoms with Crippen LogP contribution in [-0.2, 0) is 9.30 Å². The molecule has 0 saturated carbocycles. The van der Waals surface area contributed by atoms with Gasteiger partial charge >= 0.3 is 7.59 Å². The maximum atomic E-state index is 13.1. The van der Waals surface area contributed by atoms with Crippen molar-refractivity contribution in [3.63, 3.8) is 0 Å². The molecule has 114 valence electrons. The maximum absolute atomic E-state index is 13.1. The summed E-state index contributed by atoms with van der Waals surface area (Å²) < 4.78 is 22.5. The van der Waals surface area contributed by atoms with E-state index in [4.69, 9.17) is 4.74 Å². The molecular weight excluding hydrogens is 289 g/mol. The molecule has 7 nitrogen and oxygen atoms in total. The first-order valence-corrected chi connectivity index (χ1v) is 9.05. The van der Waals surface area contributed by atoms with E-state index < -0.39 is 7.59 Å². The van der Waals surface area contributed by atoms with Crippen LogP contribution in [0.15, 0.2) is 18.3 Å². The summed E-state index contributed by atoms with van der Waals surface area (Å²) in [4.78, 5) is 6.63. The quantitative estimate of drug-likeness (QED) is 0.645. The molecule has 0 bridgehead atoms. The number of ether oxygens (including phenoxy) is 1. The number of aromatic nitrogens is 1. The zero-order valence-corrected chi connectivity index (χ0v) is 12.8. The summed E-state index contributed by atoms with van der Waals surface area (Å²) >= 11 is 0. The lowest BCUT2D eigenvalue weighted by Gasteiger charge is -2.28. The molecule has 0 amide bonds. The Bertz CT molecular complexity index is 553. The van der Waals surface area contributed by atoms with E-state index in [-0.39, 0.29) is 0 Å². The molecule has 0 unspecified atom stereocenters. The molecule has 3 aliphatic rings. The van der Waals surface area contributed by atoms with E-state index >= 15 is 0 Å². The topological polar surface area (TPSA) is 60.5 Å². The van der Waals surface area contributed by atoms with Crippen molar-refractivity contribution in [3.8, 4) is 0 Å². The van der Waals surface area contributed by atoms with Gasteiger partial charge in [-0.2, -0.15) is 0 Å². The van der Waals surface area contributed by atoms with Gasteiger partial charge in [-0.15, -0.1) is 0 Å². The van der Waals surface area contributed by atoms with Gasteiger partial charge in [0.2, 0.25) is 0 Å². The van der Waals surface area contributed by atoms with Crippen molar-refractivity contribution in [2.45, 2.75) is 0 Å². The third-order valence-corrected chi connectivity index (χ3v) is 6.85. The van der Waals surface area contributed by atoms with Gasteiger partial charge in [0.05, 0.1) is 13.2 Å². The maximum Gasteiger partial charge on any atom is 0.308 e. The fraction of sp³-hybridized carbons (Fsp3) is 0.615. The highest BCUT2D eigenvalue weighted by Gasteiger charge is 2.48. The Labute approximate surface area is 124 Å². The minimum Gasteiger partial charge on any atom is -0.378 e. The number of hydrogen-bond acceptors (Lipinski definition) is 4. The third kappa shape index (κ3) is 2.79. The molecule has 0 radical (unpaired) electrons. The number of rotatable bonds is 5. The summed E-state index contributed by atoms with van der Waals surface area (Å²) in [5.74, 6) is 0.923. The van der Waals surface area contributed by atoms with Crippen LogP contribution in [0, 0.1) is 0 Å². The van der Waals surface area contributed by atoms with E-state index in [1.54, 1.807) is 6.20 Å². The minimum absolute atomic E-state index is 0.736. The highest BCUT2D eigenvalue weighted by Crippen LogP contribution is 2.59. The van der Waals surface area contributed by atoms with Gasteiger partial charge in [-0.1, -0.05) is 0 Å². The van der Waals surface area contributed by atoms with E-state index in [9.17, 15) is 4.57 Å². The number of nitrogens with one attached hydrogen (secondary N) is 1. The summed E-state index contributed by atoms with van der Waals surface area (Å²) in [6, 6.07) is 3.88. The molecule has 3 aliphatic heterocycles. The van der Waals surface area contributed by atoms with Crippen molar-refractivity contribution in [1.29, 1.82) is 0 Å². The van der Waals surface area contributed by atoms with E-state index in [0.717, 1.165) is 64.0 Å². The molecule has 0 spiro atoms. The Kier molecular flexibility index (Phi) is 3.38. The first-order valence-electron chi connectivity index (χ1n) is 7.44. The summed E-state index contributed by atoms with van der Waals surface area (Å²) in [5, 5.41) is 3.27. The molecule has 0 atom stereocenters. The lowest BCUT2D eigenvalue weighted by molar-refractivity contribution is 0.122. The average Bonchev–Trinajstić information content (AvgIpc) is 3.41. The summed E-state index contributed by atoms with van der Waals surface area (Å²) in [5.41, 5.74) is 0.883. The molecule has 8 heteroatoms. The largest absolute Gasteiger partial charge is 0.378 e. The lowest BCUT2D eigenvalue weighted by Crippen LogP contribution is -2.36. The first kappa shape index (κ1) is 13.5. The Morgan fingerprint density at radius 2 is 1.76 bits per heavy atom. The van der Waals surface area contributed by atoms with Gasteiger partial charge in [0.25, 0.3) is 0 Å². The van der Waals surface area contributed by atoms with Crippen LogP contribution in [-0.4, -0.2) is 66.8 Å². The third-order valence-electron chi connectivity index (χ3n) is 3.97. The molecule has 0 aliphatic carbocycles. The number of anilines is 2. The molecule has 3 saturated heterocycles. The molecule has 0 aromatic carbocycles. The normalized spacial score (nSPS) is 23.1. The zero-order chi connectivity index (χ0) is 14.3. The molecular formula is C13H20N5O2P. The number of pyridine rings is 1. The standard InChI is InChI=1S/C13H20N5O2P/c19-21(17-3-4-17,18-5-6-18)15-12-1-2-14-13(11-12)16-7-9-20-10-8-16/h1-2,11H,3-10H2,(H,14,15,19). The highest BCUT2D eigenvalue weighted by atomic mass is 31.2. The SMILES string of the molecule is O=P(Nc1ccnc(N2CCOCC2)c1)(N1CC1)N1CC1. The second-order valence-electron chi connectivity index (χ2n) is 5.57. The molecule has 4 heterocycles. The molecule has 21 heavy (non-hydrogen) atoms. The molecule has 4 rings (SSSR count). The van der Waals surface area contributed by atoms with Crippen molar-refractivity contribution >= 4 is 19.1 Å². The molecule has 1 aromatic heterocycles. The van der Waals surface area contributed by atoms with Crippen LogP contribution in [0.25, 0.3) is 0 Å². The summed E-state index contributed by atoms with van der Waals surface area (Å²) in [7, 11) is -2.58. The minimum atomic E-state index is -2.58. The fourth-order valence-corrected chi connectivity index (χ4v) is 4.95. The fourth-order valence-electron chi connectivity index (χ4n) is 2.57. The summed E-state index contributed by atoms with van der Waals surface area (Å²) in [6.45, 7) is 6.85. The van der Waals surface area contributed by atoms with Gasteiger partial charge in [-0.25, -0.2) is 14.3 Å². The summed E-state index contributed by atoms with van der Waals surface area (Å²) in [6.07, 6.45) is 1.78. The van der Waals surface area contributed by atoms with Gasteiger partial charge in [0, 0.05) is 57.2 Å². The predicted octanol–water partition coefficient (Wildman–Crippen LogP) is 1.07. The second-order valence-corrected chi connectivity index (χ2v) is 8.01. The van der Waals surface area contributed by atoms with Crippen LogP contribution in [0.5, 0.6) is 0 Å². The van der Waals surface area contributed by atoms with Crippen molar-refractivity contribution in [2.24, 2.45) is 0 Å². The number of morpholine rings is 1. The Hall–Kier alpha value is -1.14. The van der Waals surface area contributed by atoms with Crippen LogP contribution in [0.1, 0.15) is 0 Å². The number of hydrogen-bond donors (Lipinski definition) is 1. The molecule has 1 aromatic rings. The van der Waals surface area contributed by atoms with Crippen molar-refractivity contribution in [2.75, 3.05) is 62.5 Å². The van der Waals surface area contributed by atoms with E-state index in [1.165, 1.54) is 0 Å². The van der Waals surface area contributed by atoms with Crippen molar-refractivity contribution in [1.82, 2.24) is 14.3 Å². The van der Waals surface area contributed by atoms with Gasteiger partial charge in [-0.3, -0.25) is 4.57 Å². The van der Waals surface area contributed by atoms with Crippen LogP contribution < -0.4 is 9.99 Å². The van der Waals surface area contributed by atoms with E-state index in [2.05, 4.69) is 15.0 Å². The van der Waals surface area contributed by atoms with Crippen LogP contribution in [0.4, 0.5) is 11.5 Å². The van der Waals surface area contributed by atoms with Gasteiger partial charge < -0.3 is 14.7 Å². The molecule has 3 fully saturated rings. The monoisotopic (exact) mass is 309 g/mol. The van der Waals surface area contributed by atoms with E-state index in [0.29, 0.717) is 0 Å². The van der Waals surface area contributed by atoms with E-state index in [1.807, 2.05) is 21.5 Å². The zero-order valence-electron chi connectivity index (χ0n) is 11.9. The predicted molar refractivity (Wildman–Crippen MR) is 81.6 cm³/mol. The van der Waals surface area contributed by atoms with Crippen molar-refractivity contribution in [3.05, 3.63) is 18.3 Å². The Balaban J connectivity index is 1.53. The lowest BCUT2D eigenvalue weighted by atomic mass is 10.3. The van der Waals surface area contributed by atoms with Crippen LogP contribution >= 0.6 is 7.59 Å². The smallest absolute Gasteiger partial charge is 0.308 e. The highest BCUT2D eigenvalue weighted by molar-refractivity contribution is 7.61. The van der Waals surface area contributed by atoms with Crippen LogP contribution in [0.3, 0.4) is 0 Å². The number of nitrogens with zero attached hydrogens (tertiary/aromatic N) is 4. The van der Waals surface area contributed by atoms with Crippen LogP contribution in [0.2, 0.25) is 0 Å². The van der Waals surface area contributed by atoms with Gasteiger partial charge in [0.1, 0.15) is 5.82 Å². The molecule has 1 N–H and O–H groups in total. The van der Waals surface area contributed by atoms with Gasteiger partial charge in [-0.05, 0) is 6.07 Å². The Morgan fingerprint density at radius 3 is 2.38 bits per heavy atom. The van der Waals surface area contributed by atoms with Gasteiger partial charge in [0.15, 0.2) is 0 Å². The average molecular weight is 309 g/mol. The van der Waals surface area contributed by atoms with Crippen molar-refractivity contribution < 1.29 is 9.30 Å². The second kappa shape index (κ2) is 5.25. The first-order chi connectivity index (χ1) is 10.3. The Morgan fingerprint density at radius 1 is 1.10 bits per heavy atom.